The zero-order valence-electron chi connectivity index (χ0n) is 34.1. The van der Waals surface area contributed by atoms with E-state index in [0.29, 0.717) is 0 Å². The molecule has 0 aliphatic heterocycles. The molecule has 288 valence electrons. The summed E-state index contributed by atoms with van der Waals surface area (Å²) in [6, 6.07) is 81.7. The van der Waals surface area contributed by atoms with E-state index in [2.05, 4.69) is 244 Å². The molecule has 0 aliphatic rings. The summed E-state index contributed by atoms with van der Waals surface area (Å²) in [6.45, 7) is 6.39. The Labute approximate surface area is 352 Å². The van der Waals surface area contributed by atoms with Crippen LogP contribution in [0.4, 0.5) is 0 Å². The van der Waals surface area contributed by atoms with Gasteiger partial charge in [-0.05, 0) is 101 Å². The van der Waals surface area contributed by atoms with Crippen molar-refractivity contribution in [2.45, 2.75) is 20.8 Å². The summed E-state index contributed by atoms with van der Waals surface area (Å²) in [7, 11) is 0. The molecule has 0 radical (unpaired) electrons. The lowest BCUT2D eigenvalue weighted by Crippen LogP contribution is -1.93. The second kappa shape index (κ2) is 19.1. The van der Waals surface area contributed by atoms with Crippen molar-refractivity contribution in [3.05, 3.63) is 247 Å². The van der Waals surface area contributed by atoms with Crippen molar-refractivity contribution in [3.63, 3.8) is 0 Å². The number of hydrogen-bond donors (Lipinski definition) is 0. The average molecular weight is 780 g/mol. The molecule has 59 heavy (non-hydrogen) atoms. The molecule has 0 aliphatic carbocycles. The van der Waals surface area contributed by atoms with E-state index in [1.807, 2.05) is 12.1 Å². The zero-order valence-corrected chi connectivity index (χ0v) is 35.5. The molecule has 10 aromatic rings. The van der Waals surface area contributed by atoms with E-state index in [1.165, 1.54) is 88.7 Å². The van der Waals surface area contributed by atoms with Crippen LogP contribution in [0.3, 0.4) is 0 Å². The molecule has 1 heterocycles. The predicted octanol–water partition coefficient (Wildman–Crippen LogP) is 15.8. The molecule has 9 aromatic carbocycles. The van der Waals surface area contributed by atoms with Crippen molar-refractivity contribution in [3.8, 4) is 50.2 Å². The van der Waals surface area contributed by atoms with Gasteiger partial charge in [-0.1, -0.05) is 211 Å². The van der Waals surface area contributed by atoms with Gasteiger partial charge >= 0.3 is 0 Å². The molecule has 0 fully saturated rings. The van der Waals surface area contributed by atoms with Crippen molar-refractivity contribution < 1.29 is 0 Å². The van der Waals surface area contributed by atoms with E-state index < -0.39 is 0 Å². The molecule has 0 saturated carbocycles. The van der Waals surface area contributed by atoms with Gasteiger partial charge in [0.2, 0.25) is 0 Å². The Balaban J connectivity index is 0.000000161. The maximum absolute atomic E-state index is 2.38. The SMILES string of the molecule is Cc1cc(-c2ccccc2)cc(-c2ccc3c4ccccc4n(-c4ccccc4)c3c2)c1.Cc1ccc(-c2ccccc2)cc1.Cc1ccc(-c2ccccc2)cc1.P. The first kappa shape index (κ1) is 40.4. The zero-order chi connectivity index (χ0) is 39.7. The standard InChI is InChI=1S/C31H23N.2C13H12.H3P/c1-22-18-25(23-10-4-2-5-11-23)20-26(19-22)24-16-17-29-28-14-8-9-15-30(28)32(31(29)21-24)27-12-6-3-7-13-27;2*1-11-7-9-13(10-8-11)12-5-3-2-4-6-12;/h2-21H,1H3;2*2-10H,1H3;1H3. The number of aryl methyl sites for hydroxylation is 3. The van der Waals surface area contributed by atoms with Crippen LogP contribution in [0, 0.1) is 20.8 Å². The molecule has 2 heteroatoms. The smallest absolute Gasteiger partial charge is 0.0547 e. The Bertz CT molecular complexity index is 2780. The van der Waals surface area contributed by atoms with Gasteiger partial charge in [0.1, 0.15) is 0 Å². The fourth-order valence-electron chi connectivity index (χ4n) is 7.51. The minimum absolute atomic E-state index is 0. The number of fused-ring (bicyclic) bond motifs is 3. The monoisotopic (exact) mass is 779 g/mol. The van der Waals surface area contributed by atoms with Crippen molar-refractivity contribution in [2.75, 3.05) is 0 Å². The highest BCUT2D eigenvalue weighted by Crippen LogP contribution is 2.36. The summed E-state index contributed by atoms with van der Waals surface area (Å²) in [4.78, 5) is 0. The highest BCUT2D eigenvalue weighted by Gasteiger charge is 2.13. The Morgan fingerprint density at radius 3 is 1.14 bits per heavy atom. The molecule has 10 rings (SSSR count). The fourth-order valence-corrected chi connectivity index (χ4v) is 7.51. The highest BCUT2D eigenvalue weighted by atomic mass is 31.0. The number of nitrogens with zero attached hydrogens (tertiary/aromatic N) is 1. The van der Waals surface area contributed by atoms with Crippen LogP contribution in [0.1, 0.15) is 16.7 Å². The molecule has 1 atom stereocenters. The van der Waals surface area contributed by atoms with E-state index in [4.69, 9.17) is 0 Å². The average Bonchev–Trinajstić information content (AvgIpc) is 3.62. The first-order valence-electron chi connectivity index (χ1n) is 20.0. The van der Waals surface area contributed by atoms with Crippen molar-refractivity contribution in [1.82, 2.24) is 4.57 Å². The van der Waals surface area contributed by atoms with Gasteiger partial charge in [-0.3, -0.25) is 0 Å². The third kappa shape index (κ3) is 9.68. The summed E-state index contributed by atoms with van der Waals surface area (Å²) >= 11 is 0. The van der Waals surface area contributed by atoms with Gasteiger partial charge in [0, 0.05) is 16.5 Å². The van der Waals surface area contributed by atoms with Crippen LogP contribution in [-0.2, 0) is 0 Å². The summed E-state index contributed by atoms with van der Waals surface area (Å²) in [5.41, 5.74) is 17.6. The maximum atomic E-state index is 2.38. The third-order valence-electron chi connectivity index (χ3n) is 10.5. The summed E-state index contributed by atoms with van der Waals surface area (Å²) < 4.78 is 2.38. The lowest BCUT2D eigenvalue weighted by atomic mass is 9.96. The van der Waals surface area contributed by atoms with Gasteiger partial charge in [-0.25, -0.2) is 0 Å². The van der Waals surface area contributed by atoms with Gasteiger partial charge in [0.15, 0.2) is 0 Å². The first-order chi connectivity index (χ1) is 28.5. The van der Waals surface area contributed by atoms with Crippen molar-refractivity contribution in [2.24, 2.45) is 0 Å². The first-order valence-corrected chi connectivity index (χ1v) is 20.0. The Kier molecular flexibility index (Phi) is 13.1. The van der Waals surface area contributed by atoms with Gasteiger partial charge in [-0.15, -0.1) is 0 Å². The molecular formula is C57H50NP. The third-order valence-corrected chi connectivity index (χ3v) is 10.5. The molecule has 1 unspecified atom stereocenters. The number of aromatic nitrogens is 1. The Morgan fingerprint density at radius 2 is 0.627 bits per heavy atom. The minimum atomic E-state index is 0. The van der Waals surface area contributed by atoms with E-state index in [-0.39, 0.29) is 9.90 Å². The van der Waals surface area contributed by atoms with Crippen LogP contribution in [0.5, 0.6) is 0 Å². The lowest BCUT2D eigenvalue weighted by Gasteiger charge is -2.11. The molecule has 0 saturated heterocycles. The van der Waals surface area contributed by atoms with Crippen LogP contribution >= 0.6 is 9.90 Å². The lowest BCUT2D eigenvalue weighted by molar-refractivity contribution is 1.18. The fraction of sp³-hybridized carbons (Fsp3) is 0.0526. The molecule has 1 aromatic heterocycles. The molecular weight excluding hydrogens is 730 g/mol. The molecule has 0 bridgehead atoms. The summed E-state index contributed by atoms with van der Waals surface area (Å²) in [6.07, 6.45) is 0. The predicted molar refractivity (Wildman–Crippen MR) is 261 cm³/mol. The number of para-hydroxylation sites is 2. The largest absolute Gasteiger partial charge is 0.309 e. The maximum Gasteiger partial charge on any atom is 0.0547 e. The number of hydrogen-bond acceptors (Lipinski definition) is 0. The van der Waals surface area contributed by atoms with E-state index in [0.717, 1.165) is 0 Å². The summed E-state index contributed by atoms with van der Waals surface area (Å²) in [5, 5.41) is 2.57. The van der Waals surface area contributed by atoms with E-state index >= 15 is 0 Å². The van der Waals surface area contributed by atoms with Gasteiger partial charge in [-0.2, -0.15) is 9.90 Å². The number of rotatable bonds is 5. The second-order valence-corrected chi connectivity index (χ2v) is 14.8. The van der Waals surface area contributed by atoms with E-state index in [9.17, 15) is 0 Å². The highest BCUT2D eigenvalue weighted by molar-refractivity contribution is 6.92. The van der Waals surface area contributed by atoms with Crippen LogP contribution in [0.15, 0.2) is 231 Å². The summed E-state index contributed by atoms with van der Waals surface area (Å²) in [5.74, 6) is 0. The topological polar surface area (TPSA) is 4.93 Å². The van der Waals surface area contributed by atoms with E-state index in [1.54, 1.807) is 0 Å². The Hall–Kier alpha value is -6.79. The molecule has 0 amide bonds. The second-order valence-electron chi connectivity index (χ2n) is 14.8. The Morgan fingerprint density at radius 1 is 0.254 bits per heavy atom. The normalized spacial score (nSPS) is 10.5. The van der Waals surface area contributed by atoms with Crippen LogP contribution < -0.4 is 0 Å². The molecule has 0 N–H and O–H groups in total. The molecule has 0 spiro atoms. The van der Waals surface area contributed by atoms with Crippen molar-refractivity contribution in [1.29, 1.82) is 0 Å². The van der Waals surface area contributed by atoms with Crippen molar-refractivity contribution >= 4 is 31.7 Å². The van der Waals surface area contributed by atoms with Crippen LogP contribution in [0.25, 0.3) is 72.0 Å². The van der Waals surface area contributed by atoms with Gasteiger partial charge in [0.25, 0.3) is 0 Å². The number of benzene rings is 9. The minimum Gasteiger partial charge on any atom is -0.309 e. The van der Waals surface area contributed by atoms with Crippen LogP contribution in [0.2, 0.25) is 0 Å². The molecule has 1 nitrogen and oxygen atoms in total. The van der Waals surface area contributed by atoms with Gasteiger partial charge in [0.05, 0.1) is 11.0 Å². The quantitative estimate of drug-likeness (QED) is 0.153. The van der Waals surface area contributed by atoms with Crippen LogP contribution in [-0.4, -0.2) is 4.57 Å². The van der Waals surface area contributed by atoms with Gasteiger partial charge < -0.3 is 4.57 Å².